The highest BCUT2D eigenvalue weighted by Crippen LogP contribution is 2.30. The summed E-state index contributed by atoms with van der Waals surface area (Å²) in [7, 11) is 1.82. The van der Waals surface area contributed by atoms with Crippen molar-refractivity contribution in [2.45, 2.75) is 4.90 Å². The summed E-state index contributed by atoms with van der Waals surface area (Å²) in [5.41, 5.74) is 7.56. The number of thioether (sulfide) groups is 1. The van der Waals surface area contributed by atoms with Crippen molar-refractivity contribution in [2.24, 2.45) is 7.05 Å². The minimum absolute atomic E-state index is 0.639. The minimum atomic E-state index is 0.639. The van der Waals surface area contributed by atoms with E-state index in [1.54, 1.807) is 16.4 Å². The van der Waals surface area contributed by atoms with Crippen LogP contribution in [0.2, 0.25) is 5.02 Å². The second-order valence-electron chi connectivity index (χ2n) is 3.43. The van der Waals surface area contributed by atoms with Crippen molar-refractivity contribution in [3.63, 3.8) is 0 Å². The fourth-order valence-corrected chi connectivity index (χ4v) is 2.32. The molecule has 2 aromatic rings. The molecule has 84 valence electrons. The summed E-state index contributed by atoms with van der Waals surface area (Å²) in [6, 6.07) is 7.74. The van der Waals surface area contributed by atoms with Crippen molar-refractivity contribution in [3.8, 4) is 11.3 Å². The van der Waals surface area contributed by atoms with E-state index in [1.807, 2.05) is 37.6 Å². The standard InChI is InChI=1S/C11H12ClN3S/c1-15-11(13)6-9(14-15)7-3-4-10(16-2)8(12)5-7/h3-6H,13H2,1-2H3. The maximum Gasteiger partial charge on any atom is 0.121 e. The Balaban J connectivity index is 2.45. The Morgan fingerprint density at radius 1 is 1.38 bits per heavy atom. The Kier molecular flexibility index (Phi) is 3.12. The molecule has 0 atom stereocenters. The van der Waals surface area contributed by atoms with E-state index in [0.717, 1.165) is 21.2 Å². The number of hydrogen-bond donors (Lipinski definition) is 1. The molecule has 2 N–H and O–H groups in total. The van der Waals surface area contributed by atoms with Crippen molar-refractivity contribution >= 4 is 29.2 Å². The van der Waals surface area contributed by atoms with Gasteiger partial charge in [0, 0.05) is 23.6 Å². The van der Waals surface area contributed by atoms with Gasteiger partial charge >= 0.3 is 0 Å². The molecule has 16 heavy (non-hydrogen) atoms. The minimum Gasteiger partial charge on any atom is -0.384 e. The Morgan fingerprint density at radius 2 is 2.12 bits per heavy atom. The number of hydrogen-bond acceptors (Lipinski definition) is 3. The molecule has 0 saturated carbocycles. The molecule has 0 unspecified atom stereocenters. The molecule has 3 nitrogen and oxygen atoms in total. The molecule has 0 saturated heterocycles. The number of nitrogens with two attached hydrogens (primary N) is 1. The summed E-state index contributed by atoms with van der Waals surface area (Å²) < 4.78 is 1.64. The van der Waals surface area contributed by atoms with Crippen LogP contribution < -0.4 is 5.73 Å². The van der Waals surface area contributed by atoms with E-state index in [0.29, 0.717) is 5.82 Å². The topological polar surface area (TPSA) is 43.8 Å². The number of aromatic nitrogens is 2. The Hall–Kier alpha value is -1.13. The first-order valence-electron chi connectivity index (χ1n) is 4.75. The average molecular weight is 254 g/mol. The molecule has 0 amide bonds. The summed E-state index contributed by atoms with van der Waals surface area (Å²) in [4.78, 5) is 1.06. The van der Waals surface area contributed by atoms with Crippen molar-refractivity contribution in [3.05, 3.63) is 29.3 Å². The highest BCUT2D eigenvalue weighted by molar-refractivity contribution is 7.98. The average Bonchev–Trinajstić information content (AvgIpc) is 2.59. The van der Waals surface area contributed by atoms with E-state index < -0.39 is 0 Å². The molecule has 0 aliphatic heterocycles. The Morgan fingerprint density at radius 3 is 2.62 bits per heavy atom. The van der Waals surface area contributed by atoms with Crippen molar-refractivity contribution < 1.29 is 0 Å². The van der Waals surface area contributed by atoms with E-state index in [-0.39, 0.29) is 0 Å². The lowest BCUT2D eigenvalue weighted by Crippen LogP contribution is -1.96. The fraction of sp³-hybridized carbons (Fsp3) is 0.182. The van der Waals surface area contributed by atoms with Crippen LogP contribution in [-0.2, 0) is 7.05 Å². The zero-order chi connectivity index (χ0) is 11.7. The quantitative estimate of drug-likeness (QED) is 0.837. The third-order valence-electron chi connectivity index (χ3n) is 2.36. The van der Waals surface area contributed by atoms with E-state index in [4.69, 9.17) is 17.3 Å². The number of nitrogen functional groups attached to an aromatic ring is 1. The molecule has 0 bridgehead atoms. The zero-order valence-electron chi connectivity index (χ0n) is 9.07. The van der Waals surface area contributed by atoms with Gasteiger partial charge in [0.05, 0.1) is 10.7 Å². The van der Waals surface area contributed by atoms with Gasteiger partial charge in [-0.2, -0.15) is 5.10 Å². The van der Waals surface area contributed by atoms with Crippen LogP contribution in [0, 0.1) is 0 Å². The number of nitrogens with zero attached hydrogens (tertiary/aromatic N) is 2. The molecule has 0 fully saturated rings. The molecular weight excluding hydrogens is 242 g/mol. The first-order chi connectivity index (χ1) is 7.61. The molecule has 5 heteroatoms. The lowest BCUT2D eigenvalue weighted by atomic mass is 10.1. The maximum absolute atomic E-state index is 6.14. The normalized spacial score (nSPS) is 10.7. The highest BCUT2D eigenvalue weighted by atomic mass is 35.5. The van der Waals surface area contributed by atoms with Gasteiger partial charge in [-0.1, -0.05) is 17.7 Å². The summed E-state index contributed by atoms with van der Waals surface area (Å²) >= 11 is 7.76. The monoisotopic (exact) mass is 253 g/mol. The van der Waals surface area contributed by atoms with Crippen LogP contribution in [0.15, 0.2) is 29.2 Å². The molecule has 1 aromatic heterocycles. The van der Waals surface area contributed by atoms with Gasteiger partial charge in [-0.15, -0.1) is 11.8 Å². The van der Waals surface area contributed by atoms with E-state index in [2.05, 4.69) is 5.10 Å². The summed E-state index contributed by atoms with van der Waals surface area (Å²) in [5, 5.41) is 5.05. The summed E-state index contributed by atoms with van der Waals surface area (Å²) in [6.45, 7) is 0. The van der Waals surface area contributed by atoms with Gasteiger partial charge in [-0.25, -0.2) is 0 Å². The van der Waals surface area contributed by atoms with E-state index in [9.17, 15) is 0 Å². The van der Waals surface area contributed by atoms with Crippen molar-refractivity contribution in [1.82, 2.24) is 9.78 Å². The number of halogens is 1. The Labute approximate surface area is 104 Å². The van der Waals surface area contributed by atoms with Gasteiger partial charge in [0.25, 0.3) is 0 Å². The molecule has 1 aromatic carbocycles. The fourth-order valence-electron chi connectivity index (χ4n) is 1.45. The van der Waals surface area contributed by atoms with Crippen LogP contribution in [0.25, 0.3) is 11.3 Å². The Bertz CT molecular complexity index is 502. The molecular formula is C11H12ClN3S. The van der Waals surface area contributed by atoms with Gasteiger partial charge in [-0.3, -0.25) is 4.68 Å². The molecule has 0 spiro atoms. The van der Waals surface area contributed by atoms with Gasteiger partial charge in [0.15, 0.2) is 0 Å². The second-order valence-corrected chi connectivity index (χ2v) is 4.68. The van der Waals surface area contributed by atoms with Gasteiger partial charge < -0.3 is 5.73 Å². The molecule has 1 heterocycles. The smallest absolute Gasteiger partial charge is 0.121 e. The first-order valence-corrected chi connectivity index (χ1v) is 6.35. The van der Waals surface area contributed by atoms with Crippen LogP contribution in [-0.4, -0.2) is 16.0 Å². The van der Waals surface area contributed by atoms with Gasteiger partial charge in [0.2, 0.25) is 0 Å². The summed E-state index contributed by atoms with van der Waals surface area (Å²) in [6.07, 6.45) is 2.00. The maximum atomic E-state index is 6.14. The lowest BCUT2D eigenvalue weighted by Gasteiger charge is -2.02. The number of rotatable bonds is 2. The van der Waals surface area contributed by atoms with Crippen molar-refractivity contribution in [2.75, 3.05) is 12.0 Å². The molecule has 0 aliphatic rings. The summed E-state index contributed by atoms with van der Waals surface area (Å²) in [5.74, 6) is 0.639. The number of benzene rings is 1. The zero-order valence-corrected chi connectivity index (χ0v) is 10.6. The van der Waals surface area contributed by atoms with Crippen LogP contribution in [0.1, 0.15) is 0 Å². The van der Waals surface area contributed by atoms with Crippen LogP contribution in [0.3, 0.4) is 0 Å². The lowest BCUT2D eigenvalue weighted by molar-refractivity contribution is 0.782. The van der Waals surface area contributed by atoms with E-state index in [1.165, 1.54) is 0 Å². The first kappa shape index (κ1) is 11.4. The van der Waals surface area contributed by atoms with Crippen LogP contribution >= 0.6 is 23.4 Å². The van der Waals surface area contributed by atoms with Gasteiger partial charge in [0.1, 0.15) is 5.82 Å². The number of aryl methyl sites for hydroxylation is 1. The third kappa shape index (κ3) is 2.03. The van der Waals surface area contributed by atoms with E-state index >= 15 is 0 Å². The largest absolute Gasteiger partial charge is 0.384 e. The third-order valence-corrected chi connectivity index (χ3v) is 3.58. The molecule has 0 radical (unpaired) electrons. The predicted molar refractivity (Wildman–Crippen MR) is 69.8 cm³/mol. The van der Waals surface area contributed by atoms with Crippen LogP contribution in [0.5, 0.6) is 0 Å². The SMILES string of the molecule is CSc1ccc(-c2cc(N)n(C)n2)cc1Cl. The predicted octanol–water partition coefficient (Wildman–Crippen LogP) is 3.04. The highest BCUT2D eigenvalue weighted by Gasteiger charge is 2.07. The number of anilines is 1. The second kappa shape index (κ2) is 4.39. The molecule has 0 aliphatic carbocycles. The van der Waals surface area contributed by atoms with Crippen molar-refractivity contribution in [1.29, 1.82) is 0 Å². The van der Waals surface area contributed by atoms with Gasteiger partial charge in [-0.05, 0) is 18.4 Å². The van der Waals surface area contributed by atoms with Crippen LogP contribution in [0.4, 0.5) is 5.82 Å². The molecule has 2 rings (SSSR count).